The van der Waals surface area contributed by atoms with Gasteiger partial charge in [0.2, 0.25) is 0 Å². The van der Waals surface area contributed by atoms with Crippen LogP contribution < -0.4 is 23.7 Å². The van der Waals surface area contributed by atoms with E-state index in [0.717, 1.165) is 84.7 Å². The molecular weight excluding hydrogens is 1670 g/mol. The summed E-state index contributed by atoms with van der Waals surface area (Å²) in [7, 11) is 10.3. The lowest BCUT2D eigenvalue weighted by Gasteiger charge is -2.28. The number of benzene rings is 10. The number of hydrogen-bond donors (Lipinski definition) is 6. The van der Waals surface area contributed by atoms with E-state index in [-0.39, 0.29) is 96.3 Å². The molecule has 0 saturated heterocycles. The monoisotopic (exact) mass is 1800 g/mol. The first-order valence-corrected chi connectivity index (χ1v) is 44.8. The Kier molecular flexibility index (Phi) is 35.9. The third-order valence-electron chi connectivity index (χ3n) is 24.5. The summed E-state index contributed by atoms with van der Waals surface area (Å²) >= 11 is 0. The van der Waals surface area contributed by atoms with Crippen LogP contribution in [-0.2, 0) is 57.9 Å². The molecular formula is C109H129F3O19. The summed E-state index contributed by atoms with van der Waals surface area (Å²) in [6.45, 7) is 17.8. The molecule has 4 saturated carbocycles. The zero-order valence-corrected chi connectivity index (χ0v) is 78.2. The molecule has 0 heterocycles. The molecule has 0 aliphatic heterocycles. The number of esters is 4. The van der Waals surface area contributed by atoms with Gasteiger partial charge in [-0.2, -0.15) is 0 Å². The number of ether oxygens (including phenoxy) is 9. The number of aromatic hydroxyl groups is 2. The Morgan fingerprint density at radius 3 is 0.824 bits per heavy atom. The van der Waals surface area contributed by atoms with Crippen molar-refractivity contribution in [2.75, 3.05) is 49.8 Å². The number of methoxy groups -OCH3 is 7. The number of aliphatic hydroxyl groups is 4. The number of hydrogen-bond acceptors (Lipinski definition) is 19. The van der Waals surface area contributed by atoms with E-state index in [1.165, 1.54) is 53.7 Å². The first kappa shape index (κ1) is 101. The minimum absolute atomic E-state index is 0.122. The highest BCUT2D eigenvalue weighted by Crippen LogP contribution is 2.51. The van der Waals surface area contributed by atoms with Gasteiger partial charge in [0.25, 0.3) is 0 Å². The lowest BCUT2D eigenvalue weighted by Crippen LogP contribution is -2.19. The number of rotatable bonds is 32. The molecule has 131 heavy (non-hydrogen) atoms. The Balaban J connectivity index is 0.000000178. The summed E-state index contributed by atoms with van der Waals surface area (Å²) in [5.41, 5.74) is 10.1. The fraction of sp³-hybridized carbons (Fsp3) is 0.413. The molecule has 0 bridgehead atoms. The van der Waals surface area contributed by atoms with Gasteiger partial charge in [0, 0.05) is 16.7 Å². The van der Waals surface area contributed by atoms with Gasteiger partial charge in [0.1, 0.15) is 70.9 Å². The zero-order valence-electron chi connectivity index (χ0n) is 78.2. The lowest BCUT2D eigenvalue weighted by molar-refractivity contribution is -0.142. The zero-order chi connectivity index (χ0) is 95.2. The van der Waals surface area contributed by atoms with E-state index in [1.807, 2.05) is 172 Å². The Hall–Kier alpha value is -11.7. The largest absolute Gasteiger partial charge is 0.508 e. The van der Waals surface area contributed by atoms with Crippen LogP contribution in [0.5, 0.6) is 40.2 Å². The Morgan fingerprint density at radius 2 is 0.580 bits per heavy atom. The van der Waals surface area contributed by atoms with E-state index in [9.17, 15) is 63.0 Å². The number of carbonyl (C=O) groups is 4. The molecule has 7 atom stereocenters. The van der Waals surface area contributed by atoms with Crippen LogP contribution >= 0.6 is 0 Å². The van der Waals surface area contributed by atoms with Crippen LogP contribution in [-0.4, -0.2) is 104 Å². The van der Waals surface area contributed by atoms with Crippen molar-refractivity contribution in [1.29, 1.82) is 0 Å². The van der Waals surface area contributed by atoms with Crippen LogP contribution in [0.3, 0.4) is 0 Å². The van der Waals surface area contributed by atoms with Gasteiger partial charge in [-0.15, -0.1) is 0 Å². The Bertz CT molecular complexity index is 5200. The van der Waals surface area contributed by atoms with E-state index in [1.54, 1.807) is 93.1 Å². The second-order valence-corrected chi connectivity index (χ2v) is 37.6. The first-order chi connectivity index (χ1) is 62.4. The summed E-state index contributed by atoms with van der Waals surface area (Å²) in [5, 5.41) is 61.4. The molecule has 0 amide bonds. The highest BCUT2D eigenvalue weighted by molar-refractivity contribution is 5.75. The predicted molar refractivity (Wildman–Crippen MR) is 500 cm³/mol. The average Bonchev–Trinajstić information content (AvgIpc) is 1.65. The normalized spacial score (nSPS) is 15.1. The van der Waals surface area contributed by atoms with Gasteiger partial charge in [-0.3, -0.25) is 19.2 Å². The molecule has 10 aromatic carbocycles. The van der Waals surface area contributed by atoms with Gasteiger partial charge in [-0.05, 0) is 303 Å². The second kappa shape index (κ2) is 46.4. The smallest absolute Gasteiger partial charge is 0.306 e. The summed E-state index contributed by atoms with van der Waals surface area (Å²) in [5.74, 6) is 4.41. The maximum Gasteiger partial charge on any atom is 0.306 e. The number of halogens is 3. The van der Waals surface area contributed by atoms with Gasteiger partial charge >= 0.3 is 23.9 Å². The summed E-state index contributed by atoms with van der Waals surface area (Å²) < 4.78 is 91.4. The van der Waals surface area contributed by atoms with Gasteiger partial charge in [0.05, 0.1) is 100 Å². The molecule has 0 aromatic heterocycles. The third kappa shape index (κ3) is 29.2. The maximum absolute atomic E-state index is 14.9. The molecule has 0 spiro atoms. The van der Waals surface area contributed by atoms with E-state index in [0.29, 0.717) is 134 Å². The van der Waals surface area contributed by atoms with Crippen molar-refractivity contribution in [2.45, 2.75) is 201 Å². The van der Waals surface area contributed by atoms with Crippen molar-refractivity contribution in [3.05, 3.63) is 279 Å². The molecule has 10 aromatic rings. The van der Waals surface area contributed by atoms with Crippen LogP contribution in [0.25, 0.3) is 33.4 Å². The van der Waals surface area contributed by atoms with Crippen molar-refractivity contribution in [1.82, 2.24) is 0 Å². The third-order valence-corrected chi connectivity index (χ3v) is 24.5. The van der Waals surface area contributed by atoms with E-state index in [4.69, 9.17) is 42.6 Å². The first-order valence-electron chi connectivity index (χ1n) is 44.8. The molecule has 3 unspecified atom stereocenters. The Labute approximate surface area is 769 Å². The molecule has 700 valence electrons. The predicted octanol–water partition coefficient (Wildman–Crippen LogP) is 23.4. The van der Waals surface area contributed by atoms with E-state index < -0.39 is 34.6 Å². The maximum atomic E-state index is 14.9. The highest BCUT2D eigenvalue weighted by atomic mass is 19.1. The number of phenols is 2. The molecule has 22 heteroatoms. The summed E-state index contributed by atoms with van der Waals surface area (Å²) in [6, 6.07) is 60.2. The van der Waals surface area contributed by atoms with Crippen LogP contribution in [0, 0.1) is 57.4 Å². The molecule has 19 nitrogen and oxygen atoms in total. The molecule has 6 N–H and O–H groups in total. The van der Waals surface area contributed by atoms with Gasteiger partial charge in [-0.25, -0.2) is 13.2 Å². The topological polar surface area (TPSA) is 273 Å². The van der Waals surface area contributed by atoms with Crippen molar-refractivity contribution in [2.24, 2.45) is 39.9 Å². The minimum atomic E-state index is -0.830. The van der Waals surface area contributed by atoms with Crippen molar-refractivity contribution < 1.29 is 106 Å². The minimum Gasteiger partial charge on any atom is -0.508 e. The van der Waals surface area contributed by atoms with Crippen LogP contribution in [0.1, 0.15) is 237 Å². The lowest BCUT2D eigenvalue weighted by atomic mass is 9.81. The fourth-order valence-electron chi connectivity index (χ4n) is 16.2. The molecule has 4 aliphatic carbocycles. The van der Waals surface area contributed by atoms with E-state index in [2.05, 4.69) is 0 Å². The summed E-state index contributed by atoms with van der Waals surface area (Å²) in [4.78, 5) is 46.6. The second-order valence-electron chi connectivity index (χ2n) is 37.6. The summed E-state index contributed by atoms with van der Waals surface area (Å²) in [6.07, 6.45) is 8.21. The average molecular weight is 1800 g/mol. The molecule has 4 fully saturated rings. The molecule has 4 aliphatic rings. The van der Waals surface area contributed by atoms with Crippen LogP contribution in [0.15, 0.2) is 206 Å². The van der Waals surface area contributed by atoms with Crippen molar-refractivity contribution >= 4 is 23.9 Å². The van der Waals surface area contributed by atoms with Crippen molar-refractivity contribution in [3.63, 3.8) is 0 Å². The standard InChI is InChI=1S/2C32H37FO5.C19H23FO3.2C13H16O3/c2*1-32(2,3)31(35)28-15-20(9-13-25(28)27-17-23(36-4)12-14-29(27)33)19-38-24-8-6-7-22(16-24)26(21-10-11-21)18-30(34)37-5;1-19(2,3)18(22)16-9-12(11-21)5-7-14(16)15-10-13(23-4)6-8-17(15)20;2*1-16-13(15)8-12(9-5-6-9)10-3-2-4-11(14)7-10/h2*6-9,12-17,21,26,31,35H,10-11,18-19H2,1-5H3;5-10,18,21-22H,11H2,1-4H3;2*2-4,7,9,12,14H,5-6,8H2,1H3/t2*26-,31?;;2*12-/m10.10/s1. The molecule has 0 radical (unpaired) electrons. The van der Waals surface area contributed by atoms with Crippen molar-refractivity contribution in [3.8, 4) is 73.6 Å². The van der Waals surface area contributed by atoms with E-state index >= 15 is 0 Å². The SMILES string of the molecule is COC(=O)C[C@@H](c1cccc(O)c1)C1CC1.COC(=O)C[C@@H](c1cccc(OCc2ccc(-c3cc(OC)ccc3F)c(C(O)C(C)(C)C)c2)c1)C1CC1.COC(=O)C[C@H](c1cccc(O)c1)C1CC1.COC(=O)C[C@H](c1cccc(OCc2ccc(-c3cc(OC)ccc3F)c(C(O)C(C)(C)C)c2)c1)C1CC1.COc1ccc(F)c(-c2ccc(CO)cc2C(O)C(C)(C)C)c1. The number of carbonyl (C=O) groups excluding carboxylic acids is 4. The number of phenolic OH excluding ortho intramolecular Hbond substituents is 2. The fourth-order valence-corrected chi connectivity index (χ4v) is 16.2. The van der Waals surface area contributed by atoms with Gasteiger partial charge < -0.3 is 73.3 Å². The van der Waals surface area contributed by atoms with Crippen LogP contribution in [0.2, 0.25) is 0 Å². The van der Waals surface area contributed by atoms with Gasteiger partial charge in [0.15, 0.2) is 0 Å². The van der Waals surface area contributed by atoms with Crippen LogP contribution in [0.4, 0.5) is 13.2 Å². The highest BCUT2D eigenvalue weighted by Gasteiger charge is 2.39. The Morgan fingerprint density at radius 1 is 0.321 bits per heavy atom. The number of aliphatic hydroxyl groups excluding tert-OH is 4. The van der Waals surface area contributed by atoms with Gasteiger partial charge in [-0.1, -0.05) is 153 Å². The molecule has 14 rings (SSSR count). The quantitative estimate of drug-likeness (QED) is 0.0169.